The smallest absolute Gasteiger partial charge is 0.410 e. The standard InChI is InChI=1S/C36H43N9O4S2/c1-36(2,3)49-35(46)45-25-14-15-26(45)19-43(18-25)34-40-31-30(33(41-34)51(47,48)20-23-10-7-6-8-11-23)38-22-44(31)17-24-12-9-13-28-29(24)27(16-37)32(50-28)39-21-42(4)5/h6-8,10-11,21-22,24-26H,9,12-15,17-20H2,1-5H3/b39-21+/t24?,25-,26+. The lowest BCUT2D eigenvalue weighted by molar-refractivity contribution is 0.0122. The molecule has 5 heterocycles. The predicted octanol–water partition coefficient (Wildman–Crippen LogP) is 5.66. The Kier molecular flexibility index (Phi) is 9.26. The molecule has 1 unspecified atom stereocenters. The molecule has 4 aromatic rings. The lowest BCUT2D eigenvalue weighted by Crippen LogP contribution is -2.57. The molecule has 1 aliphatic carbocycles. The maximum Gasteiger partial charge on any atom is 0.410 e. The van der Waals surface area contributed by atoms with Gasteiger partial charge in [-0.15, -0.1) is 11.3 Å². The van der Waals surface area contributed by atoms with E-state index in [1.807, 2.05) is 72.3 Å². The lowest BCUT2D eigenvalue weighted by atomic mass is 9.85. The van der Waals surface area contributed by atoms with E-state index in [2.05, 4.69) is 16.0 Å². The SMILES string of the molecule is CN(C)/C=N/c1sc2c(c1C#N)C(Cn1cnc3c(S(=O)(=O)Cc4ccccc4)nc(N4C[C@H]5CC[C@@H](C4)N5C(=O)OC(C)(C)C)nc31)CCC2. The van der Waals surface area contributed by atoms with Crippen LogP contribution in [0.3, 0.4) is 0 Å². The zero-order valence-electron chi connectivity index (χ0n) is 29.6. The number of anilines is 1. The van der Waals surface area contributed by atoms with Crippen LogP contribution >= 0.6 is 11.3 Å². The Hall–Kier alpha value is -4.55. The molecule has 0 saturated carbocycles. The van der Waals surface area contributed by atoms with Crippen molar-refractivity contribution in [2.75, 3.05) is 32.1 Å². The number of fused-ring (bicyclic) bond motifs is 4. The van der Waals surface area contributed by atoms with Gasteiger partial charge in [-0.05, 0) is 64.0 Å². The van der Waals surface area contributed by atoms with Crippen molar-refractivity contribution in [1.29, 1.82) is 5.26 Å². The third kappa shape index (κ3) is 7.03. The van der Waals surface area contributed by atoms with E-state index in [0.717, 1.165) is 42.5 Å². The van der Waals surface area contributed by atoms with Gasteiger partial charge in [0.2, 0.25) is 15.8 Å². The van der Waals surface area contributed by atoms with E-state index in [4.69, 9.17) is 14.7 Å². The molecule has 2 saturated heterocycles. The first-order chi connectivity index (χ1) is 24.3. The summed E-state index contributed by atoms with van der Waals surface area (Å²) in [4.78, 5) is 39.0. The van der Waals surface area contributed by atoms with Crippen LogP contribution in [0, 0.1) is 11.3 Å². The van der Waals surface area contributed by atoms with E-state index >= 15 is 0 Å². The van der Waals surface area contributed by atoms with Crippen molar-refractivity contribution in [3.8, 4) is 6.07 Å². The van der Waals surface area contributed by atoms with Gasteiger partial charge in [0.25, 0.3) is 0 Å². The number of carbonyl (C=O) groups excluding carboxylic acids is 1. The molecular weight excluding hydrogens is 687 g/mol. The number of hydrogen-bond donors (Lipinski definition) is 0. The average molecular weight is 730 g/mol. The number of aromatic nitrogens is 4. The van der Waals surface area contributed by atoms with Crippen molar-refractivity contribution < 1.29 is 17.9 Å². The van der Waals surface area contributed by atoms with Crippen molar-refractivity contribution >= 4 is 55.7 Å². The molecule has 2 fully saturated rings. The Labute approximate surface area is 302 Å². The van der Waals surface area contributed by atoms with Crippen LogP contribution in [-0.4, -0.2) is 95.0 Å². The molecule has 13 nitrogen and oxygen atoms in total. The molecule has 3 atom stereocenters. The number of carbonyl (C=O) groups is 1. The van der Waals surface area contributed by atoms with Gasteiger partial charge in [-0.2, -0.15) is 15.2 Å². The number of piperazine rings is 1. The van der Waals surface area contributed by atoms with Crippen LogP contribution in [0.25, 0.3) is 11.2 Å². The van der Waals surface area contributed by atoms with Crippen LogP contribution in [-0.2, 0) is 33.3 Å². The number of aryl methyl sites for hydroxylation is 1. The molecule has 0 N–H and O–H groups in total. The van der Waals surface area contributed by atoms with Gasteiger partial charge in [-0.1, -0.05) is 30.3 Å². The molecule has 0 radical (unpaired) electrons. The van der Waals surface area contributed by atoms with Gasteiger partial charge >= 0.3 is 6.09 Å². The van der Waals surface area contributed by atoms with Gasteiger partial charge < -0.3 is 19.1 Å². The van der Waals surface area contributed by atoms with Crippen molar-refractivity contribution in [2.45, 2.75) is 93.8 Å². The van der Waals surface area contributed by atoms with Crippen LogP contribution in [0.2, 0.25) is 0 Å². The molecule has 1 aromatic carbocycles. The number of sulfone groups is 1. The normalized spacial score (nSPS) is 20.5. The lowest BCUT2D eigenvalue weighted by Gasteiger charge is -2.41. The summed E-state index contributed by atoms with van der Waals surface area (Å²) in [6.07, 6.45) is 7.37. The molecule has 0 spiro atoms. The molecule has 15 heteroatoms. The summed E-state index contributed by atoms with van der Waals surface area (Å²) in [7, 11) is -0.156. The summed E-state index contributed by atoms with van der Waals surface area (Å²) < 4.78 is 35.9. The second-order valence-corrected chi connectivity index (χ2v) is 17.8. The molecule has 7 rings (SSSR count). The average Bonchev–Trinajstić information content (AvgIpc) is 3.73. The number of imidazole rings is 1. The van der Waals surface area contributed by atoms with E-state index in [1.54, 1.807) is 36.1 Å². The first kappa shape index (κ1) is 34.9. The van der Waals surface area contributed by atoms with Crippen LogP contribution in [0.1, 0.15) is 73.9 Å². The summed E-state index contributed by atoms with van der Waals surface area (Å²) >= 11 is 1.57. The second kappa shape index (κ2) is 13.5. The third-order valence-electron chi connectivity index (χ3n) is 9.59. The zero-order valence-corrected chi connectivity index (χ0v) is 31.2. The Bertz CT molecular complexity index is 2120. The second-order valence-electron chi connectivity index (χ2n) is 14.8. The first-order valence-corrected chi connectivity index (χ1v) is 19.8. The number of benzene rings is 1. The maximum absolute atomic E-state index is 14.1. The van der Waals surface area contributed by atoms with Gasteiger partial charge in [-0.25, -0.2) is 23.2 Å². The minimum absolute atomic E-state index is 0.00337. The van der Waals surface area contributed by atoms with Gasteiger partial charge in [0.1, 0.15) is 22.2 Å². The van der Waals surface area contributed by atoms with E-state index in [0.29, 0.717) is 47.4 Å². The number of hydrogen-bond acceptors (Lipinski definition) is 11. The Balaban J connectivity index is 1.27. The predicted molar refractivity (Wildman–Crippen MR) is 196 cm³/mol. The van der Waals surface area contributed by atoms with E-state index < -0.39 is 15.4 Å². The van der Waals surface area contributed by atoms with Gasteiger partial charge in [-0.3, -0.25) is 4.90 Å². The highest BCUT2D eigenvalue weighted by molar-refractivity contribution is 7.90. The van der Waals surface area contributed by atoms with Gasteiger partial charge in [0.05, 0.1) is 36.1 Å². The number of ether oxygens (including phenoxy) is 1. The fourth-order valence-corrected chi connectivity index (χ4v) is 10.1. The minimum Gasteiger partial charge on any atom is -0.444 e. The molecule has 3 aromatic heterocycles. The Morgan fingerprint density at radius 1 is 1.14 bits per heavy atom. The summed E-state index contributed by atoms with van der Waals surface area (Å²) in [5, 5.41) is 10.9. The van der Waals surface area contributed by atoms with Gasteiger partial charge in [0, 0.05) is 44.5 Å². The van der Waals surface area contributed by atoms with Crippen molar-refractivity contribution in [1.82, 2.24) is 29.3 Å². The molecule has 51 heavy (non-hydrogen) atoms. The van der Waals surface area contributed by atoms with Crippen LogP contribution in [0.5, 0.6) is 0 Å². The highest BCUT2D eigenvalue weighted by Gasteiger charge is 2.45. The Morgan fingerprint density at radius 3 is 2.53 bits per heavy atom. The number of thiophene rings is 1. The van der Waals surface area contributed by atoms with Gasteiger partial charge in [0.15, 0.2) is 10.7 Å². The van der Waals surface area contributed by atoms with Crippen LogP contribution < -0.4 is 4.90 Å². The molecule has 2 aliphatic heterocycles. The summed E-state index contributed by atoms with van der Waals surface area (Å²) in [5.41, 5.74) is 2.31. The highest BCUT2D eigenvalue weighted by atomic mass is 32.2. The molecule has 3 aliphatic rings. The Morgan fingerprint density at radius 2 is 1.86 bits per heavy atom. The number of nitriles is 1. The fourth-order valence-electron chi connectivity index (χ4n) is 7.48. The third-order valence-corrected chi connectivity index (χ3v) is 12.3. The number of amides is 1. The number of rotatable bonds is 8. The van der Waals surface area contributed by atoms with Crippen LogP contribution in [0.15, 0.2) is 46.7 Å². The molecule has 2 bridgehead atoms. The first-order valence-electron chi connectivity index (χ1n) is 17.3. The fraction of sp³-hybridized carbons (Fsp3) is 0.500. The van der Waals surface area contributed by atoms with Crippen LogP contribution in [0.4, 0.5) is 15.7 Å². The van der Waals surface area contributed by atoms with E-state index in [-0.39, 0.29) is 40.4 Å². The summed E-state index contributed by atoms with van der Waals surface area (Å²) in [6.45, 7) is 6.96. The molecule has 268 valence electrons. The van der Waals surface area contributed by atoms with Crippen molar-refractivity contribution in [3.63, 3.8) is 0 Å². The quantitative estimate of drug-likeness (QED) is 0.126. The highest BCUT2D eigenvalue weighted by Crippen LogP contribution is 2.45. The number of nitrogens with zero attached hydrogens (tertiary/aromatic N) is 9. The summed E-state index contributed by atoms with van der Waals surface area (Å²) in [5.74, 6) is 0.0675. The zero-order chi connectivity index (χ0) is 36.1. The molecular formula is C36H43N9O4S2. The van der Waals surface area contributed by atoms with Crippen molar-refractivity contribution in [2.24, 2.45) is 4.99 Å². The number of aliphatic imine (C=N–C) groups is 1. The van der Waals surface area contributed by atoms with Crippen molar-refractivity contribution in [3.05, 3.63) is 58.2 Å². The summed E-state index contributed by atoms with van der Waals surface area (Å²) in [6, 6.07) is 11.3. The van der Waals surface area contributed by atoms with E-state index in [9.17, 15) is 18.5 Å². The topological polar surface area (TPSA) is 150 Å². The van der Waals surface area contributed by atoms with E-state index in [1.165, 1.54) is 0 Å². The monoisotopic (exact) mass is 729 g/mol. The minimum atomic E-state index is -3.95. The largest absolute Gasteiger partial charge is 0.444 e. The molecule has 1 amide bonds. The maximum atomic E-state index is 14.1.